The third-order valence-electron chi connectivity index (χ3n) is 0.900. The van der Waals surface area contributed by atoms with Crippen LogP contribution in [-0.2, 0) is 0 Å². The van der Waals surface area contributed by atoms with Gasteiger partial charge >= 0.3 is 0 Å². The van der Waals surface area contributed by atoms with E-state index in [0.29, 0.717) is 5.41 Å². The topological polar surface area (TPSA) is 0 Å². The van der Waals surface area contributed by atoms with Crippen LogP contribution in [0, 0.1) is 5.41 Å². The van der Waals surface area contributed by atoms with Gasteiger partial charge in [0.25, 0.3) is 0 Å². The van der Waals surface area contributed by atoms with Crippen LogP contribution < -0.4 is 0 Å². The molecule has 0 radical (unpaired) electrons. The Kier molecular flexibility index (Phi) is 3.29. The number of hydrogen-bond donors (Lipinski definition) is 0. The summed E-state index contributed by atoms with van der Waals surface area (Å²) in [5.74, 6) is 0. The van der Waals surface area contributed by atoms with Gasteiger partial charge in [0.2, 0.25) is 0 Å². The summed E-state index contributed by atoms with van der Waals surface area (Å²) < 4.78 is 0. The van der Waals surface area contributed by atoms with E-state index in [0.717, 1.165) is 0 Å². The van der Waals surface area contributed by atoms with E-state index < -0.39 is 0 Å². The molecule has 0 N–H and O–H groups in total. The van der Waals surface area contributed by atoms with Gasteiger partial charge in [-0.3, -0.25) is 0 Å². The first-order chi connectivity index (χ1) is 4.06. The monoisotopic (exact) mass is 124 g/mol. The van der Waals surface area contributed by atoms with Crippen molar-refractivity contribution in [2.45, 2.75) is 27.7 Å². The highest BCUT2D eigenvalue weighted by atomic mass is 14.1. The number of hydrogen-bond acceptors (Lipinski definition) is 0. The minimum Gasteiger partial charge on any atom is -0.0877 e. The van der Waals surface area contributed by atoms with Crippen molar-refractivity contribution in [3.8, 4) is 0 Å². The molecule has 0 aliphatic heterocycles. The Morgan fingerprint density at radius 3 is 1.89 bits per heavy atom. The predicted octanol–water partition coefficient (Wildman–Crippen LogP) is 3.16. The van der Waals surface area contributed by atoms with Gasteiger partial charge in [0, 0.05) is 0 Å². The summed E-state index contributed by atoms with van der Waals surface area (Å²) in [5.41, 5.74) is 0.319. The van der Waals surface area contributed by atoms with Crippen molar-refractivity contribution in [3.05, 3.63) is 24.3 Å². The highest BCUT2D eigenvalue weighted by Gasteiger charge is 2.01. The molecule has 0 aromatic carbocycles. The van der Waals surface area contributed by atoms with Gasteiger partial charge < -0.3 is 0 Å². The maximum atomic E-state index is 2.19. The third kappa shape index (κ3) is 7.48. The molecular formula is C9H16. The normalized spacial score (nSPS) is 13.8. The van der Waals surface area contributed by atoms with Crippen LogP contribution in [0.2, 0.25) is 0 Å². The molecule has 0 heteroatoms. The summed E-state index contributed by atoms with van der Waals surface area (Å²) in [4.78, 5) is 0. The molecule has 0 heterocycles. The van der Waals surface area contributed by atoms with Crippen molar-refractivity contribution in [2.24, 2.45) is 5.41 Å². The zero-order chi connectivity index (χ0) is 7.33. The number of rotatable bonds is 1. The van der Waals surface area contributed by atoms with Gasteiger partial charge in [0.1, 0.15) is 0 Å². The average Bonchev–Trinajstić information content (AvgIpc) is 1.63. The Labute approximate surface area is 58.3 Å². The lowest BCUT2D eigenvalue weighted by atomic mass is 9.96. The molecule has 0 atom stereocenters. The summed E-state index contributed by atoms with van der Waals surface area (Å²) in [6.45, 7) is 8.58. The van der Waals surface area contributed by atoms with Crippen molar-refractivity contribution in [2.75, 3.05) is 0 Å². The van der Waals surface area contributed by atoms with Gasteiger partial charge in [-0.2, -0.15) is 0 Å². The van der Waals surface area contributed by atoms with E-state index in [1.165, 1.54) is 0 Å². The van der Waals surface area contributed by atoms with Crippen LogP contribution in [0.1, 0.15) is 27.7 Å². The molecule has 0 aliphatic carbocycles. The van der Waals surface area contributed by atoms with Crippen LogP contribution in [0.5, 0.6) is 0 Å². The molecule has 0 nitrogen and oxygen atoms in total. The molecule has 0 unspecified atom stereocenters. The third-order valence-corrected chi connectivity index (χ3v) is 0.900. The highest BCUT2D eigenvalue weighted by molar-refractivity contribution is 5.04. The van der Waals surface area contributed by atoms with Crippen molar-refractivity contribution < 1.29 is 0 Å². The van der Waals surface area contributed by atoms with Gasteiger partial charge in [0.15, 0.2) is 0 Å². The molecule has 0 saturated carbocycles. The molecule has 0 rings (SSSR count). The maximum absolute atomic E-state index is 2.19. The Balaban J connectivity index is 3.71. The lowest BCUT2D eigenvalue weighted by Gasteiger charge is -2.09. The van der Waals surface area contributed by atoms with E-state index in [1.807, 2.05) is 19.1 Å². The first-order valence-electron chi connectivity index (χ1n) is 3.37. The van der Waals surface area contributed by atoms with Gasteiger partial charge in [-0.05, 0) is 12.3 Å². The van der Waals surface area contributed by atoms with Crippen molar-refractivity contribution in [3.63, 3.8) is 0 Å². The Morgan fingerprint density at radius 1 is 1.00 bits per heavy atom. The van der Waals surface area contributed by atoms with Gasteiger partial charge in [-0.15, -0.1) is 0 Å². The molecule has 52 valence electrons. The highest BCUT2D eigenvalue weighted by Crippen LogP contribution is 2.13. The van der Waals surface area contributed by atoms with Gasteiger partial charge in [-0.1, -0.05) is 45.1 Å². The first-order valence-corrected chi connectivity index (χ1v) is 3.37. The quantitative estimate of drug-likeness (QED) is 0.471. The van der Waals surface area contributed by atoms with E-state index in [1.54, 1.807) is 0 Å². The van der Waals surface area contributed by atoms with E-state index in [-0.39, 0.29) is 0 Å². The molecule has 0 bridgehead atoms. The van der Waals surface area contributed by atoms with E-state index in [9.17, 15) is 0 Å². The molecule has 0 fully saturated rings. The summed E-state index contributed by atoms with van der Waals surface area (Å²) in [6.07, 6.45) is 8.35. The fourth-order valence-corrected chi connectivity index (χ4v) is 0.455. The Hall–Kier alpha value is -0.520. The summed E-state index contributed by atoms with van der Waals surface area (Å²) in [6, 6.07) is 0. The molecule has 0 amide bonds. The zero-order valence-corrected chi connectivity index (χ0v) is 6.81. The second-order valence-corrected chi connectivity index (χ2v) is 3.25. The van der Waals surface area contributed by atoms with Crippen LogP contribution in [0.25, 0.3) is 0 Å². The van der Waals surface area contributed by atoms with Crippen LogP contribution in [0.15, 0.2) is 24.3 Å². The van der Waals surface area contributed by atoms with Crippen LogP contribution in [0.4, 0.5) is 0 Å². The summed E-state index contributed by atoms with van der Waals surface area (Å²) in [5, 5.41) is 0. The first kappa shape index (κ1) is 8.48. The standard InChI is InChI=1S/C9H16/c1-5-6-7-8-9(2,3)4/h5-8H,1-4H3/b6-5-,8-7+. The Bertz CT molecular complexity index is 110. The molecular weight excluding hydrogens is 108 g/mol. The maximum Gasteiger partial charge on any atom is -0.0200 e. The molecule has 0 aromatic rings. The van der Waals surface area contributed by atoms with E-state index >= 15 is 0 Å². The van der Waals surface area contributed by atoms with Crippen LogP contribution in [0.3, 0.4) is 0 Å². The van der Waals surface area contributed by atoms with E-state index in [2.05, 4.69) is 32.9 Å². The van der Waals surface area contributed by atoms with Crippen molar-refractivity contribution >= 4 is 0 Å². The lowest BCUT2D eigenvalue weighted by Crippen LogP contribution is -1.97. The smallest absolute Gasteiger partial charge is 0.0200 e. The second kappa shape index (κ2) is 3.49. The fourth-order valence-electron chi connectivity index (χ4n) is 0.455. The number of allylic oxidation sites excluding steroid dienone is 4. The molecule has 0 saturated heterocycles. The van der Waals surface area contributed by atoms with Crippen LogP contribution in [-0.4, -0.2) is 0 Å². The molecule has 0 spiro atoms. The average molecular weight is 124 g/mol. The largest absolute Gasteiger partial charge is 0.0877 e. The summed E-state index contributed by atoms with van der Waals surface area (Å²) >= 11 is 0. The second-order valence-electron chi connectivity index (χ2n) is 3.25. The molecule has 0 aromatic heterocycles. The minimum absolute atomic E-state index is 0.319. The van der Waals surface area contributed by atoms with Gasteiger partial charge in [0.05, 0.1) is 0 Å². The van der Waals surface area contributed by atoms with Crippen molar-refractivity contribution in [1.29, 1.82) is 0 Å². The fraction of sp³-hybridized carbons (Fsp3) is 0.556. The predicted molar refractivity (Wildman–Crippen MR) is 43.4 cm³/mol. The zero-order valence-electron chi connectivity index (χ0n) is 6.81. The SMILES string of the molecule is C/C=C\C=C\C(C)(C)C. The van der Waals surface area contributed by atoms with E-state index in [4.69, 9.17) is 0 Å². The molecule has 9 heavy (non-hydrogen) atoms. The minimum atomic E-state index is 0.319. The Morgan fingerprint density at radius 2 is 1.56 bits per heavy atom. The lowest BCUT2D eigenvalue weighted by molar-refractivity contribution is 0.544. The van der Waals surface area contributed by atoms with Crippen LogP contribution >= 0.6 is 0 Å². The van der Waals surface area contributed by atoms with Crippen molar-refractivity contribution in [1.82, 2.24) is 0 Å². The summed E-state index contributed by atoms with van der Waals surface area (Å²) in [7, 11) is 0. The molecule has 0 aliphatic rings. The van der Waals surface area contributed by atoms with Gasteiger partial charge in [-0.25, -0.2) is 0 Å².